The van der Waals surface area contributed by atoms with Crippen molar-refractivity contribution in [2.45, 2.75) is 57.8 Å². The second-order valence-corrected chi connectivity index (χ2v) is 12.9. The third kappa shape index (κ3) is 7.69. The van der Waals surface area contributed by atoms with Crippen LogP contribution < -0.4 is 9.62 Å². The van der Waals surface area contributed by atoms with Gasteiger partial charge in [-0.05, 0) is 86.8 Å². The van der Waals surface area contributed by atoms with Gasteiger partial charge in [0.25, 0.3) is 5.91 Å². The summed E-state index contributed by atoms with van der Waals surface area (Å²) in [5, 5.41) is 12.2. The molecule has 2 N–H and O–H groups in total. The number of nitrogens with zero attached hydrogens (tertiary/aromatic N) is 1. The van der Waals surface area contributed by atoms with Gasteiger partial charge in [-0.2, -0.15) is 0 Å². The van der Waals surface area contributed by atoms with Crippen molar-refractivity contribution in [1.29, 1.82) is 0 Å². The van der Waals surface area contributed by atoms with Gasteiger partial charge >= 0.3 is 5.97 Å². The zero-order chi connectivity index (χ0) is 30.4. The van der Waals surface area contributed by atoms with Crippen LogP contribution in [-0.4, -0.2) is 58.5 Å². The number of halogens is 1. The number of carboxylic acids is 1. The Morgan fingerprint density at radius 1 is 1.12 bits per heavy atom. The second kappa shape index (κ2) is 13.7. The predicted octanol–water partition coefficient (Wildman–Crippen LogP) is 5.93. The summed E-state index contributed by atoms with van der Waals surface area (Å²) in [5.74, 6) is -1.46. The van der Waals surface area contributed by atoms with Gasteiger partial charge in [0.2, 0.25) is 10.0 Å². The average Bonchev–Trinajstić information content (AvgIpc) is 3.73. The van der Waals surface area contributed by atoms with Crippen molar-refractivity contribution in [2.24, 2.45) is 5.92 Å². The van der Waals surface area contributed by atoms with Crippen molar-refractivity contribution < 1.29 is 36.7 Å². The molecule has 9 nitrogen and oxygen atoms in total. The summed E-state index contributed by atoms with van der Waals surface area (Å²) < 4.78 is 52.9. The summed E-state index contributed by atoms with van der Waals surface area (Å²) in [4.78, 5) is 23.9. The lowest BCUT2D eigenvalue weighted by atomic mass is 10.0. The number of sulfonamides is 1. The van der Waals surface area contributed by atoms with E-state index in [9.17, 15) is 22.4 Å². The van der Waals surface area contributed by atoms with Crippen LogP contribution in [0.4, 0.5) is 10.1 Å². The van der Waals surface area contributed by atoms with Crippen LogP contribution in [0.2, 0.25) is 0 Å². The van der Waals surface area contributed by atoms with Crippen molar-refractivity contribution in [3.8, 4) is 11.3 Å². The Labute approximate surface area is 246 Å². The molecule has 0 aliphatic heterocycles. The molecule has 0 saturated heterocycles. The molecule has 4 rings (SSSR count). The summed E-state index contributed by atoms with van der Waals surface area (Å²) in [6.07, 6.45) is 6.43. The summed E-state index contributed by atoms with van der Waals surface area (Å²) in [6, 6.07) is 9.28. The Bertz CT molecular complexity index is 1510. The lowest BCUT2D eigenvalue weighted by molar-refractivity contribution is -0.141. The SMILES string of the molecule is CNC(=O)c1c(-c2ccc(F)cc2)oc2cc(N(CCCCCOCCC[C@H](C)C(=O)O)S(C)(=O)=O)c(C3CC3)cc12. The summed E-state index contributed by atoms with van der Waals surface area (Å²) in [7, 11) is -2.09. The van der Waals surface area contributed by atoms with E-state index >= 15 is 0 Å². The molecule has 0 radical (unpaired) electrons. The molecule has 1 saturated carbocycles. The monoisotopic (exact) mass is 602 g/mol. The molecule has 2 aromatic carbocycles. The van der Waals surface area contributed by atoms with Crippen LogP contribution in [0.25, 0.3) is 22.3 Å². The van der Waals surface area contributed by atoms with Crippen molar-refractivity contribution in [1.82, 2.24) is 5.32 Å². The molecular formula is C31H39FN2O7S. The first-order chi connectivity index (χ1) is 20.0. The number of carboxylic acid groups (broad SMARTS) is 1. The molecule has 1 aliphatic carbocycles. The molecule has 0 unspecified atom stereocenters. The molecule has 1 heterocycles. The van der Waals surface area contributed by atoms with Gasteiger partial charge in [-0.3, -0.25) is 13.9 Å². The molecule has 3 aromatic rings. The molecule has 0 bridgehead atoms. The highest BCUT2D eigenvalue weighted by Gasteiger charge is 2.33. The van der Waals surface area contributed by atoms with E-state index in [1.165, 1.54) is 29.7 Å². The van der Waals surface area contributed by atoms with Crippen LogP contribution in [0.15, 0.2) is 40.8 Å². The van der Waals surface area contributed by atoms with Crippen LogP contribution >= 0.6 is 0 Å². The number of rotatable bonds is 16. The van der Waals surface area contributed by atoms with Gasteiger partial charge in [-0.25, -0.2) is 12.8 Å². The van der Waals surface area contributed by atoms with Gasteiger partial charge in [0.1, 0.15) is 17.2 Å². The Morgan fingerprint density at radius 2 is 1.81 bits per heavy atom. The predicted molar refractivity (Wildman–Crippen MR) is 160 cm³/mol. The highest BCUT2D eigenvalue weighted by Crippen LogP contribution is 2.48. The number of ether oxygens (including phenoxy) is 1. The quantitative estimate of drug-likeness (QED) is 0.195. The maximum absolute atomic E-state index is 13.6. The van der Waals surface area contributed by atoms with E-state index in [-0.39, 0.29) is 24.3 Å². The molecule has 11 heteroatoms. The smallest absolute Gasteiger partial charge is 0.306 e. The average molecular weight is 603 g/mol. The zero-order valence-electron chi connectivity index (χ0n) is 24.3. The third-order valence-corrected chi connectivity index (χ3v) is 8.76. The maximum atomic E-state index is 13.6. The Kier molecular flexibility index (Phi) is 10.3. The van der Waals surface area contributed by atoms with Crippen LogP contribution in [-0.2, 0) is 19.6 Å². The van der Waals surface area contributed by atoms with Crippen LogP contribution in [0.1, 0.15) is 73.7 Å². The first-order valence-electron chi connectivity index (χ1n) is 14.4. The van der Waals surface area contributed by atoms with Gasteiger partial charge in [0, 0.05) is 43.8 Å². The number of furan rings is 1. The number of amides is 1. The van der Waals surface area contributed by atoms with E-state index in [2.05, 4.69) is 5.32 Å². The fourth-order valence-corrected chi connectivity index (χ4v) is 6.04. The van der Waals surface area contributed by atoms with Gasteiger partial charge in [-0.1, -0.05) is 6.92 Å². The van der Waals surface area contributed by atoms with Gasteiger partial charge in [-0.15, -0.1) is 0 Å². The molecule has 1 atom stereocenters. The first-order valence-corrected chi connectivity index (χ1v) is 16.2. The van der Waals surface area contributed by atoms with E-state index in [0.29, 0.717) is 66.0 Å². The van der Waals surface area contributed by atoms with Gasteiger partial charge in [0.05, 0.1) is 23.4 Å². The molecule has 228 valence electrons. The van der Waals surface area contributed by atoms with Crippen molar-refractivity contribution in [3.63, 3.8) is 0 Å². The lowest BCUT2D eigenvalue weighted by Crippen LogP contribution is -2.31. The summed E-state index contributed by atoms with van der Waals surface area (Å²) >= 11 is 0. The Morgan fingerprint density at radius 3 is 2.43 bits per heavy atom. The number of carbonyl (C=O) groups excluding carboxylic acids is 1. The van der Waals surface area contributed by atoms with Crippen LogP contribution in [0.3, 0.4) is 0 Å². The number of aliphatic carboxylic acids is 1. The minimum atomic E-state index is -3.62. The summed E-state index contributed by atoms with van der Waals surface area (Å²) in [6.45, 7) is 2.99. The second-order valence-electron chi connectivity index (χ2n) is 11.0. The first kappa shape index (κ1) is 31.5. The highest BCUT2D eigenvalue weighted by molar-refractivity contribution is 7.92. The number of carbonyl (C=O) groups is 2. The van der Waals surface area contributed by atoms with Crippen LogP contribution in [0.5, 0.6) is 0 Å². The van der Waals surface area contributed by atoms with E-state index in [0.717, 1.165) is 31.2 Å². The highest BCUT2D eigenvalue weighted by atomic mass is 32.2. The fourth-order valence-electron chi connectivity index (χ4n) is 5.06. The molecule has 1 aromatic heterocycles. The molecular weight excluding hydrogens is 563 g/mol. The van der Waals surface area contributed by atoms with E-state index < -0.39 is 21.8 Å². The number of hydrogen-bond acceptors (Lipinski definition) is 6. The Hall–Kier alpha value is -3.44. The van der Waals surface area contributed by atoms with Crippen molar-refractivity contribution in [3.05, 3.63) is 53.3 Å². The van der Waals surface area contributed by atoms with Gasteiger partial charge < -0.3 is 19.6 Å². The minimum Gasteiger partial charge on any atom is -0.481 e. The normalized spacial score (nSPS) is 14.2. The number of nitrogens with one attached hydrogen (secondary N) is 1. The number of hydrogen-bond donors (Lipinski definition) is 2. The summed E-state index contributed by atoms with van der Waals surface area (Å²) in [5.41, 5.74) is 2.67. The largest absolute Gasteiger partial charge is 0.481 e. The lowest BCUT2D eigenvalue weighted by Gasteiger charge is -2.25. The topological polar surface area (TPSA) is 126 Å². The van der Waals surface area contributed by atoms with Crippen LogP contribution in [0, 0.1) is 11.7 Å². The number of fused-ring (bicyclic) bond motifs is 1. The number of benzene rings is 2. The van der Waals surface area contributed by atoms with Gasteiger partial charge in [0.15, 0.2) is 0 Å². The molecule has 1 fully saturated rings. The maximum Gasteiger partial charge on any atom is 0.306 e. The third-order valence-electron chi connectivity index (χ3n) is 7.58. The van der Waals surface area contributed by atoms with Crippen molar-refractivity contribution in [2.75, 3.05) is 37.4 Å². The van der Waals surface area contributed by atoms with E-state index in [1.807, 2.05) is 6.07 Å². The minimum absolute atomic E-state index is 0.188. The number of unbranched alkanes of at least 4 members (excludes halogenated alkanes) is 2. The molecule has 1 aliphatic rings. The van der Waals surface area contributed by atoms with E-state index in [1.54, 1.807) is 25.1 Å². The molecule has 1 amide bonds. The zero-order valence-corrected chi connectivity index (χ0v) is 25.1. The van der Waals surface area contributed by atoms with E-state index in [4.69, 9.17) is 14.3 Å². The molecule has 0 spiro atoms. The Balaban J connectivity index is 1.53. The fraction of sp³-hybridized carbons (Fsp3) is 0.484. The number of anilines is 1. The molecule has 42 heavy (non-hydrogen) atoms. The van der Waals surface area contributed by atoms with Crippen molar-refractivity contribution >= 4 is 38.6 Å². The standard InChI is InChI=1S/C31H39FN2O7S/c1-20(31(36)37)8-7-17-40-16-6-4-5-15-34(42(3,38)39)26-19-27-25(18-24(26)21-9-10-21)28(30(35)33-2)29(41-27)22-11-13-23(32)14-12-22/h11-14,18-21H,4-10,15-17H2,1-3H3,(H,33,35)(H,36,37)/t20-/m0/s1.